The van der Waals surface area contributed by atoms with Crippen molar-refractivity contribution >= 4 is 23.8 Å². The van der Waals surface area contributed by atoms with Crippen molar-refractivity contribution in [1.82, 2.24) is 5.32 Å². The van der Waals surface area contributed by atoms with Crippen LogP contribution in [0.3, 0.4) is 0 Å². The van der Waals surface area contributed by atoms with Crippen LogP contribution in [0.1, 0.15) is 25.7 Å². The normalized spacial score (nSPS) is 13.1. The second kappa shape index (κ2) is 8.86. The molecule has 0 heterocycles. The predicted molar refractivity (Wildman–Crippen MR) is 65.7 cm³/mol. The minimum absolute atomic E-state index is 0.00375. The molecule has 0 aromatic carbocycles. The van der Waals surface area contributed by atoms with Gasteiger partial charge in [0.25, 0.3) is 0 Å². The van der Waals surface area contributed by atoms with E-state index in [0.29, 0.717) is 0 Å². The van der Waals surface area contributed by atoms with Crippen LogP contribution in [0.15, 0.2) is 0 Å². The van der Waals surface area contributed by atoms with E-state index in [4.69, 9.17) is 15.9 Å². The van der Waals surface area contributed by atoms with Gasteiger partial charge < -0.3 is 26.0 Å². The molecule has 1 amide bonds. The first kappa shape index (κ1) is 17.8. The van der Waals surface area contributed by atoms with E-state index in [1.807, 2.05) is 0 Å². The summed E-state index contributed by atoms with van der Waals surface area (Å²) in [6, 6.07) is -2.25. The largest absolute Gasteiger partial charge is 0.481 e. The van der Waals surface area contributed by atoms with E-state index in [2.05, 4.69) is 10.1 Å². The predicted octanol–water partition coefficient (Wildman–Crippen LogP) is -1.30. The Morgan fingerprint density at radius 1 is 1.15 bits per heavy atom. The van der Waals surface area contributed by atoms with Crippen molar-refractivity contribution in [2.75, 3.05) is 7.11 Å². The molecule has 0 aliphatic rings. The fourth-order valence-electron chi connectivity index (χ4n) is 1.35. The molecule has 0 unspecified atom stereocenters. The molecule has 0 aromatic heterocycles. The van der Waals surface area contributed by atoms with Crippen LogP contribution in [-0.4, -0.2) is 53.2 Å². The van der Waals surface area contributed by atoms with Crippen molar-refractivity contribution < 1.29 is 34.1 Å². The Morgan fingerprint density at radius 3 is 2.20 bits per heavy atom. The molecule has 0 saturated heterocycles. The topological polar surface area (TPSA) is 156 Å². The molecule has 20 heavy (non-hydrogen) atoms. The van der Waals surface area contributed by atoms with E-state index in [-0.39, 0.29) is 25.7 Å². The monoisotopic (exact) mass is 290 g/mol. The summed E-state index contributed by atoms with van der Waals surface area (Å²) in [5.74, 6) is -3.77. The highest BCUT2D eigenvalue weighted by Gasteiger charge is 2.22. The van der Waals surface area contributed by atoms with Gasteiger partial charge in [0.15, 0.2) is 0 Å². The highest BCUT2D eigenvalue weighted by atomic mass is 16.5. The van der Waals surface area contributed by atoms with E-state index >= 15 is 0 Å². The quantitative estimate of drug-likeness (QED) is 0.382. The summed E-state index contributed by atoms with van der Waals surface area (Å²) in [5.41, 5.74) is 5.42. The van der Waals surface area contributed by atoms with E-state index in [0.717, 1.165) is 7.11 Å². The second-order valence-corrected chi connectivity index (χ2v) is 4.06. The van der Waals surface area contributed by atoms with Crippen LogP contribution < -0.4 is 11.1 Å². The number of nitrogens with one attached hydrogen (secondary N) is 1. The van der Waals surface area contributed by atoms with E-state index < -0.39 is 35.9 Å². The fourth-order valence-corrected chi connectivity index (χ4v) is 1.35. The zero-order valence-corrected chi connectivity index (χ0v) is 11.0. The minimum Gasteiger partial charge on any atom is -0.481 e. The first-order valence-corrected chi connectivity index (χ1v) is 5.85. The Labute approximate surface area is 115 Å². The van der Waals surface area contributed by atoms with Gasteiger partial charge >= 0.3 is 17.9 Å². The lowest BCUT2D eigenvalue weighted by Crippen LogP contribution is -2.42. The molecule has 0 aliphatic heterocycles. The van der Waals surface area contributed by atoms with Gasteiger partial charge in [-0.25, -0.2) is 4.79 Å². The Balaban J connectivity index is 4.23. The van der Waals surface area contributed by atoms with Crippen molar-refractivity contribution in [3.63, 3.8) is 0 Å². The summed E-state index contributed by atoms with van der Waals surface area (Å²) >= 11 is 0. The molecule has 0 aliphatic carbocycles. The highest BCUT2D eigenvalue weighted by molar-refractivity contribution is 5.84. The van der Waals surface area contributed by atoms with Crippen LogP contribution in [0.25, 0.3) is 0 Å². The maximum absolute atomic E-state index is 11.5. The molecular formula is C11H18N2O7. The SMILES string of the molecule is COC(=O)[C@@H](N)CCC(=O)N[C@@H](CCC(=O)O)C(=O)O. The molecule has 9 heteroatoms. The van der Waals surface area contributed by atoms with Gasteiger partial charge in [0.2, 0.25) is 5.91 Å². The summed E-state index contributed by atoms with van der Waals surface area (Å²) in [6.07, 6.45) is -0.755. The third-order valence-corrected chi connectivity index (χ3v) is 2.47. The van der Waals surface area contributed by atoms with E-state index in [1.165, 1.54) is 0 Å². The molecule has 5 N–H and O–H groups in total. The number of hydrogen-bond donors (Lipinski definition) is 4. The summed E-state index contributed by atoms with van der Waals surface area (Å²) in [4.78, 5) is 43.7. The van der Waals surface area contributed by atoms with E-state index in [1.54, 1.807) is 0 Å². The second-order valence-electron chi connectivity index (χ2n) is 4.06. The third-order valence-electron chi connectivity index (χ3n) is 2.47. The summed E-state index contributed by atoms with van der Waals surface area (Å²) in [5, 5.41) is 19.5. The number of carboxylic acid groups (broad SMARTS) is 2. The number of aliphatic carboxylic acids is 2. The molecule has 0 radical (unpaired) electrons. The molecule has 2 atom stereocenters. The minimum atomic E-state index is -1.32. The number of nitrogens with two attached hydrogens (primary N) is 1. The molecular weight excluding hydrogens is 272 g/mol. The van der Waals surface area contributed by atoms with Crippen LogP contribution >= 0.6 is 0 Å². The number of methoxy groups -OCH3 is 1. The number of carbonyl (C=O) groups is 4. The number of carbonyl (C=O) groups excluding carboxylic acids is 2. The standard InChI is InChI=1S/C11H18N2O7/c1-20-11(19)6(12)2-4-8(14)13-7(10(17)18)3-5-9(15)16/h6-7H,2-5,12H2,1H3,(H,13,14)(H,15,16)(H,17,18)/t6-,7-/m0/s1. The number of amides is 1. The number of esters is 1. The smallest absolute Gasteiger partial charge is 0.326 e. The van der Waals surface area contributed by atoms with Gasteiger partial charge in [-0.1, -0.05) is 0 Å². The Bertz CT molecular complexity index is 383. The lowest BCUT2D eigenvalue weighted by molar-refractivity contribution is -0.144. The third kappa shape index (κ3) is 7.31. The van der Waals surface area contributed by atoms with Gasteiger partial charge in [-0.2, -0.15) is 0 Å². The zero-order chi connectivity index (χ0) is 15.7. The summed E-state index contributed by atoms with van der Waals surface area (Å²) in [7, 11) is 1.16. The van der Waals surface area contributed by atoms with Crippen LogP contribution in [0.5, 0.6) is 0 Å². The van der Waals surface area contributed by atoms with Gasteiger partial charge in [-0.05, 0) is 12.8 Å². The lowest BCUT2D eigenvalue weighted by atomic mass is 10.1. The van der Waals surface area contributed by atoms with Crippen LogP contribution in [0.4, 0.5) is 0 Å². The van der Waals surface area contributed by atoms with Crippen molar-refractivity contribution in [2.24, 2.45) is 5.73 Å². The molecule has 0 saturated carbocycles. The van der Waals surface area contributed by atoms with Gasteiger partial charge in [0.05, 0.1) is 7.11 Å². The fraction of sp³-hybridized carbons (Fsp3) is 0.636. The first-order valence-electron chi connectivity index (χ1n) is 5.85. The van der Waals surface area contributed by atoms with Gasteiger partial charge in [-0.3, -0.25) is 14.4 Å². The van der Waals surface area contributed by atoms with Crippen molar-refractivity contribution in [3.05, 3.63) is 0 Å². The number of carboxylic acids is 2. The van der Waals surface area contributed by atoms with Crippen LogP contribution in [0, 0.1) is 0 Å². The summed E-state index contributed by atoms with van der Waals surface area (Å²) < 4.78 is 4.37. The van der Waals surface area contributed by atoms with Gasteiger partial charge in [0.1, 0.15) is 12.1 Å². The van der Waals surface area contributed by atoms with Gasteiger partial charge in [-0.15, -0.1) is 0 Å². The average molecular weight is 290 g/mol. The van der Waals surface area contributed by atoms with Crippen molar-refractivity contribution in [3.8, 4) is 0 Å². The van der Waals surface area contributed by atoms with Crippen molar-refractivity contribution in [1.29, 1.82) is 0 Å². The van der Waals surface area contributed by atoms with Crippen molar-refractivity contribution in [2.45, 2.75) is 37.8 Å². The Hall–Kier alpha value is -2.16. The van der Waals surface area contributed by atoms with Crippen LogP contribution in [0.2, 0.25) is 0 Å². The average Bonchev–Trinajstić information content (AvgIpc) is 2.39. The maximum Gasteiger partial charge on any atom is 0.326 e. The molecule has 0 rings (SSSR count). The zero-order valence-electron chi connectivity index (χ0n) is 11.0. The molecule has 0 bridgehead atoms. The highest BCUT2D eigenvalue weighted by Crippen LogP contribution is 2.01. The lowest BCUT2D eigenvalue weighted by Gasteiger charge is -2.14. The first-order chi connectivity index (χ1) is 9.27. The number of hydrogen-bond acceptors (Lipinski definition) is 6. The molecule has 0 fully saturated rings. The molecule has 0 spiro atoms. The maximum atomic E-state index is 11.5. The summed E-state index contributed by atoms with van der Waals surface area (Å²) in [6.45, 7) is 0. The molecule has 9 nitrogen and oxygen atoms in total. The molecule has 0 aromatic rings. The molecule has 114 valence electrons. The Morgan fingerprint density at radius 2 is 1.75 bits per heavy atom. The van der Waals surface area contributed by atoms with Gasteiger partial charge in [0, 0.05) is 12.8 Å². The van der Waals surface area contributed by atoms with Crippen LogP contribution in [-0.2, 0) is 23.9 Å². The Kier molecular flexibility index (Phi) is 7.90. The number of rotatable bonds is 9. The van der Waals surface area contributed by atoms with E-state index in [9.17, 15) is 19.2 Å². The number of ether oxygens (including phenoxy) is 1.